The molecule has 0 saturated heterocycles. The van der Waals surface area contributed by atoms with Crippen LogP contribution in [0.4, 0.5) is 5.82 Å². The minimum Gasteiger partial charge on any atom is -0.370 e. The highest BCUT2D eigenvalue weighted by Crippen LogP contribution is 2.32. The van der Waals surface area contributed by atoms with Gasteiger partial charge in [-0.2, -0.15) is 0 Å². The zero-order valence-electron chi connectivity index (χ0n) is 16.7. The zero-order chi connectivity index (χ0) is 21.6. The van der Waals surface area contributed by atoms with E-state index in [1.54, 1.807) is 36.9 Å². The summed E-state index contributed by atoms with van der Waals surface area (Å²) in [6.45, 7) is 1.57. The summed E-state index contributed by atoms with van der Waals surface area (Å²) >= 11 is 6.41. The number of hydrogen-bond donors (Lipinski definition) is 2. The van der Waals surface area contributed by atoms with Crippen LogP contribution in [0.1, 0.15) is 16.8 Å². The SMILES string of the molecule is NC(=O)c1ccc(NCCCn2ccnc2)nc1-c1ccc(Cl)c(-c2ccccn2)c1. The van der Waals surface area contributed by atoms with Gasteiger partial charge in [-0.3, -0.25) is 9.78 Å². The Morgan fingerprint density at radius 2 is 2.03 bits per heavy atom. The van der Waals surface area contributed by atoms with E-state index in [9.17, 15) is 4.79 Å². The van der Waals surface area contributed by atoms with Crippen molar-refractivity contribution in [3.05, 3.63) is 84.0 Å². The van der Waals surface area contributed by atoms with Crippen LogP contribution in [0.3, 0.4) is 0 Å². The maximum atomic E-state index is 12.0. The van der Waals surface area contributed by atoms with E-state index in [0.29, 0.717) is 22.1 Å². The molecule has 0 radical (unpaired) electrons. The molecule has 0 saturated carbocycles. The summed E-state index contributed by atoms with van der Waals surface area (Å²) in [6, 6.07) is 14.6. The first-order valence-corrected chi connectivity index (χ1v) is 10.2. The topological polar surface area (TPSA) is 98.7 Å². The van der Waals surface area contributed by atoms with Crippen molar-refractivity contribution in [2.45, 2.75) is 13.0 Å². The van der Waals surface area contributed by atoms with Gasteiger partial charge in [-0.1, -0.05) is 23.7 Å². The standard InChI is InChI=1S/C23H21ClN6O/c24-19-7-5-16(14-18(19)20-4-1-2-9-27-20)22-17(23(25)31)6-8-21(29-22)28-10-3-12-30-13-11-26-15-30/h1-2,4-9,11,13-15H,3,10,12H2,(H2,25,31)(H,28,29). The number of carbonyl (C=O) groups is 1. The van der Waals surface area contributed by atoms with Gasteiger partial charge in [0.05, 0.1) is 28.3 Å². The van der Waals surface area contributed by atoms with Crippen molar-refractivity contribution in [3.63, 3.8) is 0 Å². The van der Waals surface area contributed by atoms with Crippen LogP contribution in [0.15, 0.2) is 73.4 Å². The van der Waals surface area contributed by atoms with Crippen LogP contribution >= 0.6 is 11.6 Å². The van der Waals surface area contributed by atoms with Crippen molar-refractivity contribution in [1.29, 1.82) is 0 Å². The Bertz CT molecular complexity index is 1180. The lowest BCUT2D eigenvalue weighted by Gasteiger charge is -2.12. The number of primary amides is 1. The molecule has 8 heteroatoms. The highest BCUT2D eigenvalue weighted by atomic mass is 35.5. The molecule has 3 N–H and O–H groups in total. The van der Waals surface area contributed by atoms with E-state index in [1.165, 1.54) is 0 Å². The maximum absolute atomic E-state index is 12.0. The van der Waals surface area contributed by atoms with Gasteiger partial charge >= 0.3 is 0 Å². The van der Waals surface area contributed by atoms with Crippen molar-refractivity contribution >= 4 is 23.3 Å². The van der Waals surface area contributed by atoms with Gasteiger partial charge in [0, 0.05) is 42.8 Å². The zero-order valence-corrected chi connectivity index (χ0v) is 17.5. The predicted octanol–water partition coefficient (Wildman–Crippen LogP) is 4.26. The highest BCUT2D eigenvalue weighted by molar-refractivity contribution is 6.33. The average molecular weight is 433 g/mol. The molecule has 1 amide bonds. The average Bonchev–Trinajstić information content (AvgIpc) is 3.31. The largest absolute Gasteiger partial charge is 0.370 e. The molecule has 0 fully saturated rings. The summed E-state index contributed by atoms with van der Waals surface area (Å²) in [4.78, 5) is 25.1. The Morgan fingerprint density at radius 3 is 2.77 bits per heavy atom. The van der Waals surface area contributed by atoms with E-state index >= 15 is 0 Å². The number of aryl methyl sites for hydroxylation is 1. The molecule has 3 aromatic heterocycles. The molecule has 31 heavy (non-hydrogen) atoms. The van der Waals surface area contributed by atoms with Crippen molar-refractivity contribution < 1.29 is 4.79 Å². The molecule has 4 rings (SSSR count). The van der Waals surface area contributed by atoms with Gasteiger partial charge in [0.25, 0.3) is 5.91 Å². The molecule has 0 aliphatic carbocycles. The summed E-state index contributed by atoms with van der Waals surface area (Å²) in [7, 11) is 0. The third-order valence-corrected chi connectivity index (χ3v) is 5.13. The van der Waals surface area contributed by atoms with E-state index in [0.717, 1.165) is 36.3 Å². The number of nitrogens with one attached hydrogen (secondary N) is 1. The van der Waals surface area contributed by atoms with Gasteiger partial charge in [0.2, 0.25) is 0 Å². The number of nitrogens with two attached hydrogens (primary N) is 1. The first-order valence-electron chi connectivity index (χ1n) is 9.83. The summed E-state index contributed by atoms with van der Waals surface area (Å²) in [5.74, 6) is 0.128. The van der Waals surface area contributed by atoms with Crippen LogP contribution in [0.25, 0.3) is 22.5 Å². The number of rotatable bonds is 8. The Morgan fingerprint density at radius 1 is 1.13 bits per heavy atom. The highest BCUT2D eigenvalue weighted by Gasteiger charge is 2.15. The number of amides is 1. The fourth-order valence-electron chi connectivity index (χ4n) is 3.26. The van der Waals surface area contributed by atoms with Crippen LogP contribution in [-0.2, 0) is 6.54 Å². The summed E-state index contributed by atoms with van der Waals surface area (Å²) < 4.78 is 2.02. The van der Waals surface area contributed by atoms with Crippen molar-refractivity contribution in [3.8, 4) is 22.5 Å². The molecule has 0 aliphatic rings. The Kier molecular flexibility index (Phi) is 6.24. The number of anilines is 1. The summed E-state index contributed by atoms with van der Waals surface area (Å²) in [5, 5.41) is 3.87. The summed E-state index contributed by atoms with van der Waals surface area (Å²) in [5.41, 5.74) is 8.69. The van der Waals surface area contributed by atoms with Crippen LogP contribution in [0.2, 0.25) is 5.02 Å². The molecule has 1 aromatic carbocycles. The number of benzene rings is 1. The molecule has 156 valence electrons. The molecule has 7 nitrogen and oxygen atoms in total. The second-order valence-corrected chi connectivity index (χ2v) is 7.35. The van der Waals surface area contributed by atoms with Crippen LogP contribution < -0.4 is 11.1 Å². The van der Waals surface area contributed by atoms with E-state index in [-0.39, 0.29) is 0 Å². The lowest BCUT2D eigenvalue weighted by atomic mass is 10.0. The number of imidazole rings is 1. The van der Waals surface area contributed by atoms with Crippen LogP contribution in [0.5, 0.6) is 0 Å². The third-order valence-electron chi connectivity index (χ3n) is 4.80. The summed E-state index contributed by atoms with van der Waals surface area (Å²) in [6.07, 6.45) is 8.08. The monoisotopic (exact) mass is 432 g/mol. The van der Waals surface area contributed by atoms with Crippen LogP contribution in [-0.4, -0.2) is 32.0 Å². The van der Waals surface area contributed by atoms with E-state index < -0.39 is 5.91 Å². The van der Waals surface area contributed by atoms with Gasteiger partial charge in [0.1, 0.15) is 5.82 Å². The van der Waals surface area contributed by atoms with E-state index in [4.69, 9.17) is 17.3 Å². The van der Waals surface area contributed by atoms with Crippen molar-refractivity contribution in [2.24, 2.45) is 5.73 Å². The molecule has 0 aliphatic heterocycles. The molecule has 0 atom stereocenters. The van der Waals surface area contributed by atoms with Gasteiger partial charge < -0.3 is 15.6 Å². The predicted molar refractivity (Wildman–Crippen MR) is 122 cm³/mol. The van der Waals surface area contributed by atoms with Gasteiger partial charge in [-0.05, 0) is 42.8 Å². The number of halogens is 1. The lowest BCUT2D eigenvalue weighted by molar-refractivity contribution is 0.100. The number of pyridine rings is 2. The van der Waals surface area contributed by atoms with Crippen LogP contribution in [0, 0.1) is 0 Å². The Hall–Kier alpha value is -3.71. The first kappa shape index (κ1) is 20.6. The number of nitrogens with zero attached hydrogens (tertiary/aromatic N) is 4. The fourth-order valence-corrected chi connectivity index (χ4v) is 3.48. The van der Waals surface area contributed by atoms with Gasteiger partial charge in [0.15, 0.2) is 0 Å². The molecule has 0 unspecified atom stereocenters. The van der Waals surface area contributed by atoms with E-state index in [2.05, 4.69) is 20.3 Å². The minimum absolute atomic E-state index is 0.346. The smallest absolute Gasteiger partial charge is 0.250 e. The quantitative estimate of drug-likeness (QED) is 0.405. The Balaban J connectivity index is 1.60. The van der Waals surface area contributed by atoms with Gasteiger partial charge in [-0.15, -0.1) is 0 Å². The fraction of sp³-hybridized carbons (Fsp3) is 0.130. The second-order valence-electron chi connectivity index (χ2n) is 6.95. The van der Waals surface area contributed by atoms with E-state index in [1.807, 2.05) is 41.1 Å². The number of carbonyl (C=O) groups excluding carboxylic acids is 1. The van der Waals surface area contributed by atoms with Crippen molar-refractivity contribution in [2.75, 3.05) is 11.9 Å². The molecular weight excluding hydrogens is 412 g/mol. The molecule has 4 aromatic rings. The lowest BCUT2D eigenvalue weighted by Crippen LogP contribution is -2.14. The Labute approximate surface area is 184 Å². The molecule has 0 spiro atoms. The van der Waals surface area contributed by atoms with Crippen molar-refractivity contribution in [1.82, 2.24) is 19.5 Å². The molecule has 3 heterocycles. The normalized spacial score (nSPS) is 10.7. The maximum Gasteiger partial charge on any atom is 0.250 e. The second kappa shape index (κ2) is 9.40. The van der Waals surface area contributed by atoms with Gasteiger partial charge in [-0.25, -0.2) is 9.97 Å². The molecular formula is C23H21ClN6O. The number of aromatic nitrogens is 4. The third kappa shape index (κ3) is 4.90. The molecule has 0 bridgehead atoms. The minimum atomic E-state index is -0.538. The number of hydrogen-bond acceptors (Lipinski definition) is 5. The first-order chi connectivity index (χ1) is 15.1.